The van der Waals surface area contributed by atoms with Crippen molar-refractivity contribution in [2.24, 2.45) is 0 Å². The smallest absolute Gasteiger partial charge is 0.237 e. The average Bonchev–Trinajstić information content (AvgIpc) is 2.68. The van der Waals surface area contributed by atoms with E-state index in [9.17, 15) is 9.18 Å². The monoisotopic (exact) mass is 357 g/mol. The SMILES string of the molecule is CC(NC(=O)C(C)N1CCN(c2ncccn2)CC1)c1ccc(F)cc1. The Hall–Kier alpha value is -2.54. The Labute approximate surface area is 153 Å². The zero-order valence-corrected chi connectivity index (χ0v) is 15.1. The summed E-state index contributed by atoms with van der Waals surface area (Å²) in [6, 6.07) is 7.63. The van der Waals surface area contributed by atoms with E-state index >= 15 is 0 Å². The minimum atomic E-state index is -0.277. The molecule has 2 unspecified atom stereocenters. The third-order valence-electron chi connectivity index (χ3n) is 4.81. The van der Waals surface area contributed by atoms with Crippen molar-refractivity contribution in [2.45, 2.75) is 25.9 Å². The lowest BCUT2D eigenvalue weighted by molar-refractivity contribution is -0.126. The van der Waals surface area contributed by atoms with E-state index in [0.717, 1.165) is 37.7 Å². The van der Waals surface area contributed by atoms with Gasteiger partial charge in [0.05, 0.1) is 12.1 Å². The molecule has 1 saturated heterocycles. The number of carbonyl (C=O) groups is 1. The van der Waals surface area contributed by atoms with Gasteiger partial charge in [-0.3, -0.25) is 9.69 Å². The van der Waals surface area contributed by atoms with Crippen LogP contribution in [0.3, 0.4) is 0 Å². The maximum atomic E-state index is 13.0. The number of anilines is 1. The molecule has 0 saturated carbocycles. The third kappa shape index (κ3) is 4.35. The molecule has 2 aromatic rings. The van der Waals surface area contributed by atoms with Gasteiger partial charge >= 0.3 is 0 Å². The van der Waals surface area contributed by atoms with E-state index in [4.69, 9.17) is 0 Å². The van der Waals surface area contributed by atoms with E-state index in [2.05, 4.69) is 25.1 Å². The van der Waals surface area contributed by atoms with Gasteiger partial charge in [-0.25, -0.2) is 14.4 Å². The number of hydrogen-bond acceptors (Lipinski definition) is 5. The number of aromatic nitrogens is 2. The average molecular weight is 357 g/mol. The van der Waals surface area contributed by atoms with Gasteiger partial charge in [0.15, 0.2) is 0 Å². The number of rotatable bonds is 5. The van der Waals surface area contributed by atoms with Gasteiger partial charge in [-0.05, 0) is 37.6 Å². The molecule has 3 rings (SSSR count). The van der Waals surface area contributed by atoms with E-state index in [-0.39, 0.29) is 23.8 Å². The Morgan fingerprint density at radius 3 is 2.31 bits per heavy atom. The molecule has 1 aromatic heterocycles. The summed E-state index contributed by atoms with van der Waals surface area (Å²) in [7, 11) is 0. The van der Waals surface area contributed by atoms with Crippen LogP contribution in [0.25, 0.3) is 0 Å². The number of piperazine rings is 1. The molecule has 0 spiro atoms. The Bertz CT molecular complexity index is 716. The first-order chi connectivity index (χ1) is 12.5. The van der Waals surface area contributed by atoms with Crippen molar-refractivity contribution in [3.63, 3.8) is 0 Å². The number of halogens is 1. The van der Waals surface area contributed by atoms with Gasteiger partial charge in [0.2, 0.25) is 11.9 Å². The largest absolute Gasteiger partial charge is 0.348 e. The van der Waals surface area contributed by atoms with Crippen LogP contribution in [0, 0.1) is 5.82 Å². The van der Waals surface area contributed by atoms with Crippen molar-refractivity contribution >= 4 is 11.9 Å². The quantitative estimate of drug-likeness (QED) is 0.887. The van der Waals surface area contributed by atoms with Crippen LogP contribution in [-0.4, -0.2) is 53.0 Å². The van der Waals surface area contributed by atoms with Gasteiger partial charge < -0.3 is 10.2 Å². The molecule has 7 heteroatoms. The van der Waals surface area contributed by atoms with E-state index in [1.54, 1.807) is 30.6 Å². The zero-order valence-electron chi connectivity index (χ0n) is 15.1. The van der Waals surface area contributed by atoms with Crippen molar-refractivity contribution in [1.29, 1.82) is 0 Å². The minimum absolute atomic E-state index is 0.0220. The molecule has 0 radical (unpaired) electrons. The third-order valence-corrected chi connectivity index (χ3v) is 4.81. The molecule has 0 aliphatic carbocycles. The molecule has 1 N–H and O–H groups in total. The molecule has 1 amide bonds. The highest BCUT2D eigenvalue weighted by atomic mass is 19.1. The molecule has 1 fully saturated rings. The molecule has 2 heterocycles. The molecule has 138 valence electrons. The number of nitrogens with one attached hydrogen (secondary N) is 1. The molecule has 6 nitrogen and oxygen atoms in total. The topological polar surface area (TPSA) is 61.4 Å². The summed E-state index contributed by atoms with van der Waals surface area (Å²) >= 11 is 0. The molecule has 26 heavy (non-hydrogen) atoms. The first-order valence-corrected chi connectivity index (χ1v) is 8.86. The lowest BCUT2D eigenvalue weighted by atomic mass is 10.1. The van der Waals surface area contributed by atoms with Crippen LogP contribution >= 0.6 is 0 Å². The van der Waals surface area contributed by atoms with E-state index < -0.39 is 0 Å². The molecular formula is C19H24FN5O. The summed E-state index contributed by atoms with van der Waals surface area (Å²) in [5.74, 6) is 0.432. The second-order valence-corrected chi connectivity index (χ2v) is 6.53. The number of carbonyl (C=O) groups excluding carboxylic acids is 1. The van der Waals surface area contributed by atoms with Crippen LogP contribution in [0.5, 0.6) is 0 Å². The van der Waals surface area contributed by atoms with Crippen molar-refractivity contribution in [2.75, 3.05) is 31.1 Å². The van der Waals surface area contributed by atoms with Crippen LogP contribution in [-0.2, 0) is 4.79 Å². The fraction of sp³-hybridized carbons (Fsp3) is 0.421. The summed E-state index contributed by atoms with van der Waals surface area (Å²) in [4.78, 5) is 25.4. The van der Waals surface area contributed by atoms with Gasteiger partial charge in [-0.1, -0.05) is 12.1 Å². The van der Waals surface area contributed by atoms with E-state index in [1.807, 2.05) is 13.8 Å². The second-order valence-electron chi connectivity index (χ2n) is 6.53. The van der Waals surface area contributed by atoms with Crippen LogP contribution in [0.1, 0.15) is 25.5 Å². The highest BCUT2D eigenvalue weighted by Gasteiger charge is 2.27. The normalized spacial score (nSPS) is 17.6. The van der Waals surface area contributed by atoms with Gasteiger partial charge in [0.1, 0.15) is 5.82 Å². The van der Waals surface area contributed by atoms with Crippen LogP contribution < -0.4 is 10.2 Å². The van der Waals surface area contributed by atoms with Crippen LogP contribution in [0.15, 0.2) is 42.7 Å². The number of nitrogens with zero attached hydrogens (tertiary/aromatic N) is 4. The van der Waals surface area contributed by atoms with Crippen molar-refractivity contribution in [1.82, 2.24) is 20.2 Å². The lowest BCUT2D eigenvalue weighted by Crippen LogP contribution is -2.54. The van der Waals surface area contributed by atoms with Crippen molar-refractivity contribution in [3.05, 3.63) is 54.1 Å². The van der Waals surface area contributed by atoms with Crippen LogP contribution in [0.4, 0.5) is 10.3 Å². The maximum Gasteiger partial charge on any atom is 0.237 e. The summed E-state index contributed by atoms with van der Waals surface area (Å²) in [6.45, 7) is 6.95. The summed E-state index contributed by atoms with van der Waals surface area (Å²) < 4.78 is 13.0. The molecular weight excluding hydrogens is 333 g/mol. The molecule has 0 bridgehead atoms. The molecule has 1 aliphatic rings. The summed E-state index contributed by atoms with van der Waals surface area (Å²) in [6.07, 6.45) is 3.48. The fourth-order valence-corrected chi connectivity index (χ4v) is 3.10. The summed E-state index contributed by atoms with van der Waals surface area (Å²) in [5.41, 5.74) is 0.887. The Kier molecular flexibility index (Phi) is 5.78. The van der Waals surface area contributed by atoms with Gasteiger partial charge in [0.25, 0.3) is 0 Å². The van der Waals surface area contributed by atoms with Crippen LogP contribution in [0.2, 0.25) is 0 Å². The number of amides is 1. The Morgan fingerprint density at radius 1 is 1.08 bits per heavy atom. The second kappa shape index (κ2) is 8.23. The van der Waals surface area contributed by atoms with E-state index in [1.165, 1.54) is 12.1 Å². The lowest BCUT2D eigenvalue weighted by Gasteiger charge is -2.37. The summed E-state index contributed by atoms with van der Waals surface area (Å²) in [5, 5.41) is 3.01. The minimum Gasteiger partial charge on any atom is -0.348 e. The highest BCUT2D eigenvalue weighted by molar-refractivity contribution is 5.81. The first-order valence-electron chi connectivity index (χ1n) is 8.86. The predicted molar refractivity (Wildman–Crippen MR) is 98.2 cm³/mol. The molecule has 2 atom stereocenters. The van der Waals surface area contributed by atoms with Gasteiger partial charge in [0, 0.05) is 38.6 Å². The van der Waals surface area contributed by atoms with Gasteiger partial charge in [-0.2, -0.15) is 0 Å². The Morgan fingerprint density at radius 2 is 1.69 bits per heavy atom. The number of hydrogen-bond donors (Lipinski definition) is 1. The van der Waals surface area contributed by atoms with E-state index in [0.29, 0.717) is 0 Å². The highest BCUT2D eigenvalue weighted by Crippen LogP contribution is 2.15. The predicted octanol–water partition coefficient (Wildman–Crippen LogP) is 2.00. The first kappa shape index (κ1) is 18.3. The molecule has 1 aliphatic heterocycles. The zero-order chi connectivity index (χ0) is 18.5. The van der Waals surface area contributed by atoms with Gasteiger partial charge in [-0.15, -0.1) is 0 Å². The standard InChI is InChI=1S/C19H24FN5O/c1-14(16-4-6-17(20)7-5-16)23-18(26)15(2)24-10-12-25(13-11-24)19-21-8-3-9-22-19/h3-9,14-15H,10-13H2,1-2H3,(H,23,26). The maximum absolute atomic E-state index is 13.0. The Balaban J connectivity index is 1.52. The van der Waals surface area contributed by atoms with Crippen molar-refractivity contribution in [3.8, 4) is 0 Å². The van der Waals surface area contributed by atoms with Crippen molar-refractivity contribution < 1.29 is 9.18 Å². The molecule has 1 aromatic carbocycles. The fourth-order valence-electron chi connectivity index (χ4n) is 3.10. The number of benzene rings is 1.